The SMILES string of the molecule is CC(CNC(=O)N[C@H](CO)c1ccccc1)CN1CCCC1. The number of aliphatic hydroxyl groups is 1. The molecular formula is C17H27N3O2. The van der Waals surface area contributed by atoms with Crippen LogP contribution in [0.3, 0.4) is 0 Å². The Balaban J connectivity index is 1.72. The van der Waals surface area contributed by atoms with Gasteiger partial charge < -0.3 is 20.6 Å². The molecule has 1 aliphatic rings. The number of nitrogens with one attached hydrogen (secondary N) is 2. The van der Waals surface area contributed by atoms with Gasteiger partial charge in [0.05, 0.1) is 12.6 Å². The number of benzene rings is 1. The molecule has 1 saturated heterocycles. The van der Waals surface area contributed by atoms with Gasteiger partial charge in [0.15, 0.2) is 0 Å². The molecule has 1 aromatic carbocycles. The lowest BCUT2D eigenvalue weighted by Crippen LogP contribution is -2.42. The summed E-state index contributed by atoms with van der Waals surface area (Å²) >= 11 is 0. The van der Waals surface area contributed by atoms with Crippen LogP contribution in [-0.2, 0) is 0 Å². The normalized spacial score (nSPS) is 17.9. The number of carbonyl (C=O) groups excluding carboxylic acids is 1. The highest BCUT2D eigenvalue weighted by molar-refractivity contribution is 5.74. The summed E-state index contributed by atoms with van der Waals surface area (Å²) in [4.78, 5) is 14.4. The average molecular weight is 305 g/mol. The minimum atomic E-state index is -0.366. The maximum absolute atomic E-state index is 12.0. The van der Waals surface area contributed by atoms with Gasteiger partial charge in [-0.3, -0.25) is 0 Å². The summed E-state index contributed by atoms with van der Waals surface area (Å²) < 4.78 is 0. The van der Waals surface area contributed by atoms with Gasteiger partial charge in [-0.05, 0) is 37.4 Å². The predicted molar refractivity (Wildman–Crippen MR) is 87.6 cm³/mol. The van der Waals surface area contributed by atoms with Crippen molar-refractivity contribution in [2.45, 2.75) is 25.8 Å². The van der Waals surface area contributed by atoms with Crippen LogP contribution in [0.25, 0.3) is 0 Å². The molecule has 0 spiro atoms. The van der Waals surface area contributed by atoms with Crippen molar-refractivity contribution in [2.75, 3.05) is 32.8 Å². The zero-order valence-electron chi connectivity index (χ0n) is 13.3. The van der Waals surface area contributed by atoms with Crippen molar-refractivity contribution >= 4 is 6.03 Å². The van der Waals surface area contributed by atoms with Crippen LogP contribution in [-0.4, -0.2) is 48.8 Å². The van der Waals surface area contributed by atoms with Gasteiger partial charge in [-0.1, -0.05) is 37.3 Å². The number of carbonyl (C=O) groups is 1. The number of nitrogens with zero attached hydrogens (tertiary/aromatic N) is 1. The number of likely N-dealkylation sites (tertiary alicyclic amines) is 1. The minimum absolute atomic E-state index is 0.110. The van der Waals surface area contributed by atoms with Crippen molar-refractivity contribution in [1.82, 2.24) is 15.5 Å². The van der Waals surface area contributed by atoms with Gasteiger partial charge >= 0.3 is 6.03 Å². The summed E-state index contributed by atoms with van der Waals surface area (Å²) in [7, 11) is 0. The van der Waals surface area contributed by atoms with Crippen LogP contribution < -0.4 is 10.6 Å². The Kier molecular flexibility index (Phi) is 6.68. The molecule has 22 heavy (non-hydrogen) atoms. The molecule has 122 valence electrons. The van der Waals surface area contributed by atoms with Gasteiger partial charge in [0.1, 0.15) is 0 Å². The molecule has 1 unspecified atom stereocenters. The summed E-state index contributed by atoms with van der Waals surface area (Å²) in [5.74, 6) is 0.424. The maximum Gasteiger partial charge on any atom is 0.315 e. The van der Waals surface area contributed by atoms with Crippen LogP contribution in [0.15, 0.2) is 30.3 Å². The summed E-state index contributed by atoms with van der Waals surface area (Å²) in [5, 5.41) is 15.2. The summed E-state index contributed by atoms with van der Waals surface area (Å²) in [6.07, 6.45) is 2.58. The van der Waals surface area contributed by atoms with Crippen molar-refractivity contribution < 1.29 is 9.90 Å². The molecule has 0 saturated carbocycles. The van der Waals surface area contributed by atoms with Crippen molar-refractivity contribution in [3.8, 4) is 0 Å². The summed E-state index contributed by atoms with van der Waals surface area (Å²) in [6, 6.07) is 8.92. The first-order chi connectivity index (χ1) is 10.7. The molecule has 2 amide bonds. The third kappa shape index (κ3) is 5.31. The molecule has 0 radical (unpaired) electrons. The van der Waals surface area contributed by atoms with Crippen LogP contribution in [0.2, 0.25) is 0 Å². The van der Waals surface area contributed by atoms with E-state index in [4.69, 9.17) is 0 Å². The third-order valence-electron chi connectivity index (χ3n) is 4.07. The van der Waals surface area contributed by atoms with E-state index in [2.05, 4.69) is 22.5 Å². The highest BCUT2D eigenvalue weighted by Gasteiger charge is 2.16. The van der Waals surface area contributed by atoms with Crippen LogP contribution in [0, 0.1) is 5.92 Å². The Hall–Kier alpha value is -1.59. The lowest BCUT2D eigenvalue weighted by molar-refractivity contribution is 0.213. The predicted octanol–water partition coefficient (Wildman–Crippen LogP) is 1.75. The Bertz CT molecular complexity index is 446. The highest BCUT2D eigenvalue weighted by atomic mass is 16.3. The van der Waals surface area contributed by atoms with Gasteiger partial charge in [0.2, 0.25) is 0 Å². The van der Waals surface area contributed by atoms with E-state index in [1.165, 1.54) is 25.9 Å². The van der Waals surface area contributed by atoms with E-state index >= 15 is 0 Å². The standard InChI is InChI=1S/C17H27N3O2/c1-14(12-20-9-5-6-10-20)11-18-17(22)19-16(13-21)15-7-3-2-4-8-15/h2-4,7-8,14,16,21H,5-6,9-13H2,1H3,(H2,18,19,22)/t14?,16-/m1/s1. The van der Waals surface area contributed by atoms with E-state index in [-0.39, 0.29) is 18.7 Å². The molecule has 1 heterocycles. The van der Waals surface area contributed by atoms with E-state index in [1.54, 1.807) is 0 Å². The number of hydrogen-bond acceptors (Lipinski definition) is 3. The number of amides is 2. The first kappa shape index (κ1) is 16.8. The molecule has 1 fully saturated rings. The molecule has 0 bridgehead atoms. The Morgan fingerprint density at radius 3 is 2.59 bits per heavy atom. The second-order valence-corrected chi connectivity index (χ2v) is 6.11. The van der Waals surface area contributed by atoms with Crippen LogP contribution in [0.4, 0.5) is 4.79 Å². The van der Waals surface area contributed by atoms with E-state index in [0.29, 0.717) is 12.5 Å². The zero-order chi connectivity index (χ0) is 15.8. The third-order valence-corrected chi connectivity index (χ3v) is 4.07. The van der Waals surface area contributed by atoms with Gasteiger partial charge in [-0.2, -0.15) is 0 Å². The molecule has 2 atom stereocenters. The molecule has 0 aromatic heterocycles. The fourth-order valence-corrected chi connectivity index (χ4v) is 2.87. The zero-order valence-corrected chi connectivity index (χ0v) is 13.3. The monoisotopic (exact) mass is 305 g/mol. The molecule has 0 aliphatic carbocycles. The topological polar surface area (TPSA) is 64.6 Å². The van der Waals surface area contributed by atoms with Crippen LogP contribution >= 0.6 is 0 Å². The first-order valence-electron chi connectivity index (χ1n) is 8.11. The molecule has 2 rings (SSSR count). The number of rotatable bonds is 7. The smallest absolute Gasteiger partial charge is 0.315 e. The Morgan fingerprint density at radius 1 is 1.27 bits per heavy atom. The quantitative estimate of drug-likeness (QED) is 0.719. The van der Waals surface area contributed by atoms with E-state index in [0.717, 1.165) is 12.1 Å². The van der Waals surface area contributed by atoms with E-state index in [9.17, 15) is 9.90 Å². The van der Waals surface area contributed by atoms with Gasteiger partial charge in [0.25, 0.3) is 0 Å². The second kappa shape index (κ2) is 8.76. The summed E-state index contributed by atoms with van der Waals surface area (Å²) in [5.41, 5.74) is 0.908. The van der Waals surface area contributed by atoms with Gasteiger partial charge in [-0.25, -0.2) is 4.79 Å². The number of urea groups is 1. The lowest BCUT2D eigenvalue weighted by atomic mass is 10.1. The van der Waals surface area contributed by atoms with Gasteiger partial charge in [0, 0.05) is 13.1 Å². The Morgan fingerprint density at radius 2 is 1.95 bits per heavy atom. The van der Waals surface area contributed by atoms with Crippen molar-refractivity contribution in [1.29, 1.82) is 0 Å². The fourth-order valence-electron chi connectivity index (χ4n) is 2.87. The second-order valence-electron chi connectivity index (χ2n) is 6.11. The fraction of sp³-hybridized carbons (Fsp3) is 0.588. The van der Waals surface area contributed by atoms with E-state index < -0.39 is 0 Å². The molecule has 1 aliphatic heterocycles. The van der Waals surface area contributed by atoms with Crippen molar-refractivity contribution in [3.05, 3.63) is 35.9 Å². The minimum Gasteiger partial charge on any atom is -0.394 e. The Labute approximate surface area is 132 Å². The molecule has 5 heteroatoms. The lowest BCUT2D eigenvalue weighted by Gasteiger charge is -2.22. The number of hydrogen-bond donors (Lipinski definition) is 3. The first-order valence-corrected chi connectivity index (χ1v) is 8.11. The van der Waals surface area contributed by atoms with Gasteiger partial charge in [-0.15, -0.1) is 0 Å². The van der Waals surface area contributed by atoms with E-state index in [1.807, 2.05) is 30.3 Å². The molecule has 1 aromatic rings. The van der Waals surface area contributed by atoms with Crippen molar-refractivity contribution in [3.63, 3.8) is 0 Å². The molecular weight excluding hydrogens is 278 g/mol. The average Bonchev–Trinajstić information content (AvgIpc) is 3.04. The van der Waals surface area contributed by atoms with Crippen LogP contribution in [0.1, 0.15) is 31.4 Å². The number of aliphatic hydroxyl groups excluding tert-OH is 1. The summed E-state index contributed by atoms with van der Waals surface area (Å²) in [6.45, 7) is 6.08. The maximum atomic E-state index is 12.0. The molecule has 3 N–H and O–H groups in total. The molecule has 5 nitrogen and oxygen atoms in total. The van der Waals surface area contributed by atoms with Crippen LogP contribution in [0.5, 0.6) is 0 Å². The largest absolute Gasteiger partial charge is 0.394 e. The van der Waals surface area contributed by atoms with Crippen molar-refractivity contribution in [2.24, 2.45) is 5.92 Å². The highest BCUT2D eigenvalue weighted by Crippen LogP contribution is 2.12.